The third-order valence-electron chi connectivity index (χ3n) is 5.17. The maximum atomic E-state index is 14.5. The van der Waals surface area contributed by atoms with Gasteiger partial charge in [-0.1, -0.05) is 19.1 Å². The van der Waals surface area contributed by atoms with Crippen LogP contribution >= 0.6 is 10.8 Å². The average Bonchev–Trinajstić information content (AvgIpc) is 2.88. The number of pyridine rings is 1. The van der Waals surface area contributed by atoms with Gasteiger partial charge in [-0.15, -0.1) is 10.8 Å². The summed E-state index contributed by atoms with van der Waals surface area (Å²) in [5, 5.41) is 0.667. The molecule has 4 N–H and O–H groups in total. The van der Waals surface area contributed by atoms with Crippen molar-refractivity contribution in [1.82, 2.24) is 14.2 Å². The number of halogens is 1. The van der Waals surface area contributed by atoms with Gasteiger partial charge >= 0.3 is 0 Å². The molecule has 0 saturated carbocycles. The zero-order valence-electron chi connectivity index (χ0n) is 16.1. The van der Waals surface area contributed by atoms with E-state index in [-0.39, 0.29) is 22.2 Å². The number of hydrogen-bond acceptors (Lipinski definition) is 6. The van der Waals surface area contributed by atoms with Gasteiger partial charge in [0, 0.05) is 42.6 Å². The van der Waals surface area contributed by atoms with E-state index < -0.39 is 22.6 Å². The van der Waals surface area contributed by atoms with Gasteiger partial charge in [-0.2, -0.15) is 4.31 Å². The molecule has 0 unspecified atom stereocenters. The van der Waals surface area contributed by atoms with E-state index in [1.807, 2.05) is 13.8 Å². The van der Waals surface area contributed by atoms with E-state index in [9.17, 15) is 18.3 Å². The standard InChI is InChI=1S/C19H27FN4O3S/c1-3-16(21)19(25)23-8-5-9-24(13(2)12-23)28(26,27)17-7-4-6-14-10-22-11-15(20)18(14)17/h4,6-7,10-11,13,16,26-27H,3,5,8-9,12,21H2,1-2H3/t13-,16-/m0/s1. The van der Waals surface area contributed by atoms with E-state index in [1.54, 1.807) is 21.3 Å². The number of nitrogens with two attached hydrogens (primary N) is 1. The Morgan fingerprint density at radius 3 is 2.86 bits per heavy atom. The second-order valence-corrected chi connectivity index (χ2v) is 9.08. The Labute approximate surface area is 165 Å². The van der Waals surface area contributed by atoms with Crippen molar-refractivity contribution < 1.29 is 18.3 Å². The van der Waals surface area contributed by atoms with Crippen LogP contribution in [0.2, 0.25) is 0 Å². The van der Waals surface area contributed by atoms with Crippen molar-refractivity contribution in [2.24, 2.45) is 5.73 Å². The minimum atomic E-state index is -3.46. The normalized spacial score (nSPS) is 20.8. The second kappa shape index (κ2) is 8.30. The van der Waals surface area contributed by atoms with Gasteiger partial charge in [-0.05, 0) is 25.8 Å². The summed E-state index contributed by atoms with van der Waals surface area (Å²) in [4.78, 5) is 18.1. The van der Waals surface area contributed by atoms with E-state index >= 15 is 0 Å². The third kappa shape index (κ3) is 3.85. The van der Waals surface area contributed by atoms with E-state index in [0.29, 0.717) is 37.9 Å². The highest BCUT2D eigenvalue weighted by Gasteiger charge is 2.35. The number of carbonyl (C=O) groups excluding carboxylic acids is 1. The van der Waals surface area contributed by atoms with Crippen LogP contribution in [0.1, 0.15) is 26.7 Å². The van der Waals surface area contributed by atoms with Crippen molar-refractivity contribution in [3.05, 3.63) is 36.4 Å². The molecule has 0 radical (unpaired) electrons. The van der Waals surface area contributed by atoms with Crippen molar-refractivity contribution in [2.45, 2.75) is 43.7 Å². The summed E-state index contributed by atoms with van der Waals surface area (Å²) >= 11 is 0. The highest BCUT2D eigenvalue weighted by molar-refractivity contribution is 8.22. The molecule has 1 fully saturated rings. The maximum absolute atomic E-state index is 14.5. The van der Waals surface area contributed by atoms with Gasteiger partial charge in [0.15, 0.2) is 5.82 Å². The summed E-state index contributed by atoms with van der Waals surface area (Å²) in [7, 11) is -3.46. The van der Waals surface area contributed by atoms with Crippen LogP contribution in [0.15, 0.2) is 35.5 Å². The van der Waals surface area contributed by atoms with E-state index in [2.05, 4.69) is 4.98 Å². The lowest BCUT2D eigenvalue weighted by atomic mass is 10.2. The molecule has 1 aliphatic heterocycles. The van der Waals surface area contributed by atoms with Crippen LogP contribution in [0.4, 0.5) is 4.39 Å². The largest absolute Gasteiger partial charge is 0.340 e. The van der Waals surface area contributed by atoms with Crippen LogP contribution in [0, 0.1) is 5.82 Å². The number of fused-ring (bicyclic) bond motifs is 1. The predicted octanol–water partition coefficient (Wildman–Crippen LogP) is 3.06. The van der Waals surface area contributed by atoms with Crippen molar-refractivity contribution in [1.29, 1.82) is 0 Å². The molecule has 1 aromatic carbocycles. The number of benzene rings is 1. The lowest BCUT2D eigenvalue weighted by Gasteiger charge is -2.46. The van der Waals surface area contributed by atoms with Gasteiger partial charge in [-0.25, -0.2) is 4.39 Å². The monoisotopic (exact) mass is 410 g/mol. The number of aromatic nitrogens is 1. The first-order chi connectivity index (χ1) is 13.3. The Morgan fingerprint density at radius 1 is 1.39 bits per heavy atom. The smallest absolute Gasteiger partial charge is 0.239 e. The van der Waals surface area contributed by atoms with Gasteiger partial charge in [0.25, 0.3) is 0 Å². The first-order valence-electron chi connectivity index (χ1n) is 9.39. The van der Waals surface area contributed by atoms with Crippen LogP contribution in [0.5, 0.6) is 0 Å². The van der Waals surface area contributed by atoms with Crippen LogP contribution in [-0.4, -0.2) is 60.9 Å². The summed E-state index contributed by atoms with van der Waals surface area (Å²) in [6.07, 6.45) is 3.68. The van der Waals surface area contributed by atoms with Gasteiger partial charge in [0.1, 0.15) is 0 Å². The third-order valence-corrected chi connectivity index (χ3v) is 7.30. The van der Waals surface area contributed by atoms with E-state index in [0.717, 1.165) is 6.20 Å². The molecule has 154 valence electrons. The summed E-state index contributed by atoms with van der Waals surface area (Å²) < 4.78 is 38.4. The quantitative estimate of drug-likeness (QED) is 0.716. The fraction of sp³-hybridized carbons (Fsp3) is 0.474. The Balaban J connectivity index is 1.93. The molecule has 28 heavy (non-hydrogen) atoms. The number of hydrogen-bond donors (Lipinski definition) is 3. The Bertz CT molecular complexity index is 861. The Morgan fingerprint density at radius 2 is 2.14 bits per heavy atom. The van der Waals surface area contributed by atoms with Crippen LogP contribution in [0.25, 0.3) is 10.8 Å². The molecule has 1 saturated heterocycles. The van der Waals surface area contributed by atoms with Crippen LogP contribution < -0.4 is 5.73 Å². The fourth-order valence-corrected chi connectivity index (χ4v) is 5.60. The fourth-order valence-electron chi connectivity index (χ4n) is 3.64. The molecule has 1 amide bonds. The minimum absolute atomic E-state index is 0.130. The average molecular weight is 411 g/mol. The highest BCUT2D eigenvalue weighted by atomic mass is 32.3. The molecule has 2 atom stereocenters. The first kappa shape index (κ1) is 20.9. The molecular formula is C19H27FN4O3S. The van der Waals surface area contributed by atoms with Crippen LogP contribution in [0.3, 0.4) is 0 Å². The van der Waals surface area contributed by atoms with Gasteiger partial charge in [0.2, 0.25) is 5.91 Å². The zero-order chi connectivity index (χ0) is 20.5. The van der Waals surface area contributed by atoms with Crippen molar-refractivity contribution in [2.75, 3.05) is 19.6 Å². The van der Waals surface area contributed by atoms with Crippen molar-refractivity contribution in [3.63, 3.8) is 0 Å². The van der Waals surface area contributed by atoms with Crippen LogP contribution in [-0.2, 0) is 4.79 Å². The van der Waals surface area contributed by atoms with Gasteiger partial charge < -0.3 is 10.6 Å². The lowest BCUT2D eigenvalue weighted by Crippen LogP contribution is -2.47. The molecule has 2 aromatic rings. The number of rotatable bonds is 4. The predicted molar refractivity (Wildman–Crippen MR) is 108 cm³/mol. The molecule has 2 heterocycles. The summed E-state index contributed by atoms with van der Waals surface area (Å²) in [6, 6.07) is 3.99. The zero-order valence-corrected chi connectivity index (χ0v) is 16.9. The van der Waals surface area contributed by atoms with Gasteiger partial charge in [-0.3, -0.25) is 18.9 Å². The van der Waals surface area contributed by atoms with Crippen molar-refractivity contribution in [3.8, 4) is 0 Å². The van der Waals surface area contributed by atoms with E-state index in [4.69, 9.17) is 5.73 Å². The first-order valence-corrected chi connectivity index (χ1v) is 10.9. The number of carbonyl (C=O) groups is 1. The molecule has 1 aliphatic rings. The topological polar surface area (TPSA) is 103 Å². The summed E-state index contributed by atoms with van der Waals surface area (Å²) in [5.41, 5.74) is 5.89. The summed E-state index contributed by atoms with van der Waals surface area (Å²) in [5.74, 6) is -0.726. The molecule has 9 heteroatoms. The van der Waals surface area contributed by atoms with Crippen molar-refractivity contribution >= 4 is 27.5 Å². The van der Waals surface area contributed by atoms with E-state index in [1.165, 1.54) is 12.3 Å². The second-order valence-electron chi connectivity index (χ2n) is 7.14. The molecule has 3 rings (SSSR count). The lowest BCUT2D eigenvalue weighted by molar-refractivity contribution is -0.132. The number of amides is 1. The molecule has 0 bridgehead atoms. The molecule has 0 aliphatic carbocycles. The Kier molecular flexibility index (Phi) is 6.21. The maximum Gasteiger partial charge on any atom is 0.239 e. The SMILES string of the molecule is CC[C@H](N)C(=O)N1CCCN(S(O)(O)c2cccc3cncc(F)c23)[C@@H](C)C1. The molecule has 1 aromatic heterocycles. The molecular weight excluding hydrogens is 383 g/mol. The molecule has 0 spiro atoms. The molecule has 7 nitrogen and oxygen atoms in total. The Hall–Kier alpha value is -1.78. The van der Waals surface area contributed by atoms with Gasteiger partial charge in [0.05, 0.1) is 17.1 Å². The summed E-state index contributed by atoms with van der Waals surface area (Å²) in [6.45, 7) is 4.89. The highest BCUT2D eigenvalue weighted by Crippen LogP contribution is 2.55. The number of nitrogens with zero attached hydrogens (tertiary/aromatic N) is 3. The minimum Gasteiger partial charge on any atom is -0.340 e.